The molecule has 27 heavy (non-hydrogen) atoms. The fraction of sp³-hybridized carbons (Fsp3) is 0.500. The molecule has 4 rings (SSSR count). The van der Waals surface area contributed by atoms with Crippen molar-refractivity contribution >= 4 is 11.9 Å². The standard InChI is InChI=1S/C20H24N4O3/c1-13(17-10-14-3-4-15(17)9-14)23-19(25)12-27-20(26)16-5-6-18(21-11-16)24-8-2-7-22-24/h2,5-8,11,13-15,17H,3-4,9-10,12H2,1H3,(H,23,25)/t13-,14-,15-,17+/m0/s1. The van der Waals surface area contributed by atoms with Crippen LogP contribution in [0, 0.1) is 17.8 Å². The molecule has 2 aromatic heterocycles. The number of pyridine rings is 1. The Balaban J connectivity index is 1.25. The van der Waals surface area contributed by atoms with Crippen LogP contribution in [0.4, 0.5) is 0 Å². The van der Waals surface area contributed by atoms with E-state index in [2.05, 4.69) is 22.3 Å². The van der Waals surface area contributed by atoms with Gasteiger partial charge in [0, 0.05) is 24.6 Å². The lowest BCUT2D eigenvalue weighted by Crippen LogP contribution is -2.42. The molecule has 0 saturated heterocycles. The van der Waals surface area contributed by atoms with E-state index in [1.807, 2.05) is 0 Å². The van der Waals surface area contributed by atoms with E-state index in [1.165, 1.54) is 31.9 Å². The molecule has 1 amide bonds. The number of hydrogen-bond donors (Lipinski definition) is 1. The third-order valence-corrected chi connectivity index (χ3v) is 5.88. The molecule has 2 heterocycles. The van der Waals surface area contributed by atoms with Gasteiger partial charge in [0.05, 0.1) is 5.56 Å². The van der Waals surface area contributed by atoms with Gasteiger partial charge in [-0.3, -0.25) is 4.79 Å². The smallest absolute Gasteiger partial charge is 0.340 e. The Morgan fingerprint density at radius 3 is 2.85 bits per heavy atom. The quantitative estimate of drug-likeness (QED) is 0.791. The fourth-order valence-corrected chi connectivity index (χ4v) is 4.57. The molecule has 0 spiro atoms. The maximum absolute atomic E-state index is 12.1. The number of nitrogens with zero attached hydrogens (tertiary/aromatic N) is 3. The van der Waals surface area contributed by atoms with E-state index >= 15 is 0 Å². The molecule has 2 aliphatic carbocycles. The first-order chi connectivity index (χ1) is 13.1. The molecule has 0 aromatic carbocycles. The van der Waals surface area contributed by atoms with Gasteiger partial charge in [-0.1, -0.05) is 6.42 Å². The number of carbonyl (C=O) groups is 2. The summed E-state index contributed by atoms with van der Waals surface area (Å²) in [4.78, 5) is 28.5. The maximum Gasteiger partial charge on any atom is 0.340 e. The molecule has 2 aromatic rings. The van der Waals surface area contributed by atoms with E-state index in [-0.39, 0.29) is 18.6 Å². The van der Waals surface area contributed by atoms with Gasteiger partial charge in [0.15, 0.2) is 12.4 Å². The van der Waals surface area contributed by atoms with Crippen molar-refractivity contribution in [3.63, 3.8) is 0 Å². The van der Waals surface area contributed by atoms with Gasteiger partial charge in [0.2, 0.25) is 0 Å². The Bertz CT molecular complexity index is 803. The Kier molecular flexibility index (Phi) is 4.92. The number of fused-ring (bicyclic) bond motifs is 2. The molecule has 2 saturated carbocycles. The minimum atomic E-state index is -0.558. The fourth-order valence-electron chi connectivity index (χ4n) is 4.57. The van der Waals surface area contributed by atoms with Crippen molar-refractivity contribution in [2.45, 2.75) is 38.6 Å². The maximum atomic E-state index is 12.1. The van der Waals surface area contributed by atoms with Gasteiger partial charge < -0.3 is 10.1 Å². The zero-order valence-corrected chi connectivity index (χ0v) is 15.4. The molecule has 0 aliphatic heterocycles. The number of hydrogen-bond acceptors (Lipinski definition) is 5. The molecule has 0 radical (unpaired) electrons. The Morgan fingerprint density at radius 1 is 1.33 bits per heavy atom. The highest BCUT2D eigenvalue weighted by Gasteiger charge is 2.42. The van der Waals surface area contributed by atoms with Gasteiger partial charge in [-0.05, 0) is 62.1 Å². The molecule has 2 bridgehead atoms. The second-order valence-corrected chi connectivity index (χ2v) is 7.63. The topological polar surface area (TPSA) is 86.1 Å². The first-order valence-corrected chi connectivity index (χ1v) is 9.52. The van der Waals surface area contributed by atoms with Gasteiger partial charge in [-0.15, -0.1) is 0 Å². The monoisotopic (exact) mass is 368 g/mol. The van der Waals surface area contributed by atoms with Crippen molar-refractivity contribution in [3.05, 3.63) is 42.4 Å². The van der Waals surface area contributed by atoms with Crippen LogP contribution in [0.3, 0.4) is 0 Å². The second-order valence-electron chi connectivity index (χ2n) is 7.63. The highest BCUT2D eigenvalue weighted by molar-refractivity contribution is 5.91. The van der Waals surface area contributed by atoms with E-state index in [0.29, 0.717) is 17.3 Å². The molecule has 2 fully saturated rings. The zero-order chi connectivity index (χ0) is 18.8. The summed E-state index contributed by atoms with van der Waals surface area (Å²) in [6, 6.07) is 5.21. The van der Waals surface area contributed by atoms with Gasteiger partial charge >= 0.3 is 5.97 Å². The van der Waals surface area contributed by atoms with Crippen LogP contribution < -0.4 is 5.32 Å². The minimum Gasteiger partial charge on any atom is -0.452 e. The van der Waals surface area contributed by atoms with Gasteiger partial charge in [-0.25, -0.2) is 14.5 Å². The van der Waals surface area contributed by atoms with Gasteiger partial charge in [0.25, 0.3) is 5.91 Å². The van der Waals surface area contributed by atoms with Crippen LogP contribution in [0.15, 0.2) is 36.8 Å². The summed E-state index contributed by atoms with van der Waals surface area (Å²) in [5, 5.41) is 7.08. The number of nitrogens with one attached hydrogen (secondary N) is 1. The lowest BCUT2D eigenvalue weighted by Gasteiger charge is -2.28. The number of rotatable bonds is 6. The van der Waals surface area contributed by atoms with Crippen molar-refractivity contribution in [2.24, 2.45) is 17.8 Å². The lowest BCUT2D eigenvalue weighted by molar-refractivity contribution is -0.125. The molecular weight excluding hydrogens is 344 g/mol. The van der Waals surface area contributed by atoms with E-state index < -0.39 is 5.97 Å². The van der Waals surface area contributed by atoms with E-state index in [9.17, 15) is 9.59 Å². The van der Waals surface area contributed by atoms with Crippen LogP contribution in [0.25, 0.3) is 5.82 Å². The number of amides is 1. The van der Waals surface area contributed by atoms with Gasteiger partial charge in [0.1, 0.15) is 0 Å². The van der Waals surface area contributed by atoms with Crippen molar-refractivity contribution in [1.29, 1.82) is 0 Å². The van der Waals surface area contributed by atoms with Crippen LogP contribution in [0.5, 0.6) is 0 Å². The van der Waals surface area contributed by atoms with Gasteiger partial charge in [-0.2, -0.15) is 5.10 Å². The van der Waals surface area contributed by atoms with Crippen molar-refractivity contribution in [3.8, 4) is 5.82 Å². The predicted octanol–water partition coefficient (Wildman–Crippen LogP) is 2.37. The third-order valence-electron chi connectivity index (χ3n) is 5.88. The largest absolute Gasteiger partial charge is 0.452 e. The average molecular weight is 368 g/mol. The van der Waals surface area contributed by atoms with Crippen LogP contribution >= 0.6 is 0 Å². The van der Waals surface area contributed by atoms with Crippen LogP contribution in [-0.4, -0.2) is 39.3 Å². The van der Waals surface area contributed by atoms with Crippen molar-refractivity contribution in [1.82, 2.24) is 20.1 Å². The molecule has 0 unspecified atom stereocenters. The number of esters is 1. The summed E-state index contributed by atoms with van der Waals surface area (Å²) in [7, 11) is 0. The summed E-state index contributed by atoms with van der Waals surface area (Å²) < 4.78 is 6.73. The van der Waals surface area contributed by atoms with Crippen molar-refractivity contribution < 1.29 is 14.3 Å². The molecule has 7 heteroatoms. The normalized spacial score (nSPS) is 24.6. The second kappa shape index (κ2) is 7.50. The minimum absolute atomic E-state index is 0.126. The third kappa shape index (κ3) is 3.86. The molecule has 4 atom stereocenters. The van der Waals surface area contributed by atoms with Crippen molar-refractivity contribution in [2.75, 3.05) is 6.61 Å². The Morgan fingerprint density at radius 2 is 2.22 bits per heavy atom. The van der Waals surface area contributed by atoms with Crippen LogP contribution in [-0.2, 0) is 9.53 Å². The molecule has 2 aliphatic rings. The average Bonchev–Trinajstić information content (AvgIpc) is 3.44. The van der Waals surface area contributed by atoms with E-state index in [0.717, 1.165) is 11.8 Å². The molecule has 142 valence electrons. The lowest BCUT2D eigenvalue weighted by atomic mass is 9.84. The zero-order valence-electron chi connectivity index (χ0n) is 15.4. The highest BCUT2D eigenvalue weighted by Crippen LogP contribution is 2.49. The Labute approximate surface area is 158 Å². The summed E-state index contributed by atoms with van der Waals surface area (Å²) in [5.41, 5.74) is 0.305. The SMILES string of the molecule is C[C@H](NC(=O)COC(=O)c1ccc(-n2cccn2)nc1)[C@H]1C[C@H]2CC[C@H]1C2. The first kappa shape index (κ1) is 17.7. The number of carbonyl (C=O) groups excluding carboxylic acids is 2. The molecule has 7 nitrogen and oxygen atoms in total. The summed E-state index contributed by atoms with van der Waals surface area (Å²) in [6.07, 6.45) is 9.98. The number of ether oxygens (including phenoxy) is 1. The van der Waals surface area contributed by atoms with E-state index in [4.69, 9.17) is 4.74 Å². The van der Waals surface area contributed by atoms with E-state index in [1.54, 1.807) is 35.3 Å². The summed E-state index contributed by atoms with van der Waals surface area (Å²) in [6.45, 7) is 1.79. The molecular formula is C20H24N4O3. The molecule has 1 N–H and O–H groups in total. The predicted molar refractivity (Wildman–Crippen MR) is 98.2 cm³/mol. The van der Waals surface area contributed by atoms with Crippen LogP contribution in [0.2, 0.25) is 0 Å². The summed E-state index contributed by atoms with van der Waals surface area (Å²) >= 11 is 0. The Hall–Kier alpha value is -2.70. The first-order valence-electron chi connectivity index (χ1n) is 9.52. The number of aromatic nitrogens is 3. The van der Waals surface area contributed by atoms with Crippen LogP contribution in [0.1, 0.15) is 43.0 Å². The summed E-state index contributed by atoms with van der Waals surface area (Å²) in [5.74, 6) is 1.94. The highest BCUT2D eigenvalue weighted by atomic mass is 16.5.